The van der Waals surface area contributed by atoms with Crippen LogP contribution >= 0.6 is 0 Å². The number of nitrogens with one attached hydrogen (secondary N) is 1. The van der Waals surface area contributed by atoms with Crippen LogP contribution in [0.1, 0.15) is 28.9 Å². The van der Waals surface area contributed by atoms with Gasteiger partial charge in [0, 0.05) is 34.5 Å². The summed E-state index contributed by atoms with van der Waals surface area (Å²) in [7, 11) is 1.59. The van der Waals surface area contributed by atoms with Gasteiger partial charge < -0.3 is 18.9 Å². The Morgan fingerprint density at radius 1 is 0.967 bits per heavy atom. The molecule has 0 bridgehead atoms. The van der Waals surface area contributed by atoms with Crippen LogP contribution in [-0.4, -0.2) is 13.0 Å². The van der Waals surface area contributed by atoms with Crippen molar-refractivity contribution in [2.45, 2.75) is 33.6 Å². The van der Waals surface area contributed by atoms with E-state index in [1.165, 1.54) is 0 Å². The first-order valence-corrected chi connectivity index (χ1v) is 9.77. The maximum Gasteiger partial charge on any atom is 0.339 e. The first-order chi connectivity index (χ1) is 14.4. The van der Waals surface area contributed by atoms with Crippen LogP contribution in [0, 0.1) is 20.8 Å². The Balaban J connectivity index is 1.58. The Kier molecular flexibility index (Phi) is 5.08. The lowest BCUT2D eigenvalue weighted by atomic mass is 10.0. The molecule has 0 saturated heterocycles. The van der Waals surface area contributed by atoms with E-state index in [2.05, 4.69) is 5.32 Å². The maximum absolute atomic E-state index is 12.6. The SMILES string of the molecule is COc1ccc(NC(=O)CCc2c(C)c3cc4c(C)c(C)oc4cc3oc2=O)cc1. The second-order valence-electron chi connectivity index (χ2n) is 7.40. The van der Waals surface area contributed by atoms with Gasteiger partial charge in [0.05, 0.1) is 7.11 Å². The summed E-state index contributed by atoms with van der Waals surface area (Å²) in [5, 5.41) is 4.69. The lowest BCUT2D eigenvalue weighted by Crippen LogP contribution is -2.16. The molecule has 0 saturated carbocycles. The van der Waals surface area contributed by atoms with E-state index in [-0.39, 0.29) is 12.3 Å². The van der Waals surface area contributed by atoms with Crippen molar-refractivity contribution in [1.82, 2.24) is 0 Å². The van der Waals surface area contributed by atoms with Crippen LogP contribution in [0.5, 0.6) is 5.75 Å². The highest BCUT2D eigenvalue weighted by Crippen LogP contribution is 2.31. The normalized spacial score (nSPS) is 11.2. The molecule has 4 rings (SSSR count). The van der Waals surface area contributed by atoms with Gasteiger partial charge in [0.15, 0.2) is 0 Å². The van der Waals surface area contributed by atoms with Gasteiger partial charge in [-0.15, -0.1) is 0 Å². The van der Waals surface area contributed by atoms with E-state index in [1.807, 2.05) is 26.8 Å². The molecule has 30 heavy (non-hydrogen) atoms. The number of carbonyl (C=O) groups is 1. The van der Waals surface area contributed by atoms with Gasteiger partial charge in [0.2, 0.25) is 5.91 Å². The molecule has 0 aliphatic rings. The number of anilines is 1. The highest BCUT2D eigenvalue weighted by molar-refractivity contribution is 5.97. The minimum absolute atomic E-state index is 0.171. The third kappa shape index (κ3) is 3.56. The van der Waals surface area contributed by atoms with Crippen LogP contribution in [-0.2, 0) is 11.2 Å². The van der Waals surface area contributed by atoms with Gasteiger partial charge in [0.1, 0.15) is 22.7 Å². The fraction of sp³-hybridized carbons (Fsp3) is 0.250. The average molecular weight is 405 g/mol. The minimum atomic E-state index is -0.420. The molecule has 0 atom stereocenters. The Labute approximate surface area is 173 Å². The van der Waals surface area contributed by atoms with Crippen molar-refractivity contribution in [2.24, 2.45) is 0 Å². The molecule has 1 amide bonds. The maximum atomic E-state index is 12.6. The van der Waals surface area contributed by atoms with Gasteiger partial charge in [-0.05, 0) is 68.7 Å². The second kappa shape index (κ2) is 7.71. The topological polar surface area (TPSA) is 81.7 Å². The van der Waals surface area contributed by atoms with Crippen LogP contribution in [0.3, 0.4) is 0 Å². The third-order valence-electron chi connectivity index (χ3n) is 5.56. The number of ether oxygens (including phenoxy) is 1. The monoisotopic (exact) mass is 405 g/mol. The van der Waals surface area contributed by atoms with Crippen LogP contribution < -0.4 is 15.7 Å². The largest absolute Gasteiger partial charge is 0.497 e. The highest BCUT2D eigenvalue weighted by atomic mass is 16.5. The Morgan fingerprint density at radius 2 is 1.63 bits per heavy atom. The summed E-state index contributed by atoms with van der Waals surface area (Å²) in [6.07, 6.45) is 0.475. The number of amides is 1. The highest BCUT2D eigenvalue weighted by Gasteiger charge is 2.16. The predicted molar refractivity (Wildman–Crippen MR) is 116 cm³/mol. The van der Waals surface area contributed by atoms with Crippen LogP contribution in [0.2, 0.25) is 0 Å². The molecule has 0 unspecified atom stereocenters. The second-order valence-corrected chi connectivity index (χ2v) is 7.40. The Bertz CT molecular complexity index is 1310. The molecule has 0 spiro atoms. The minimum Gasteiger partial charge on any atom is -0.497 e. The van der Waals surface area contributed by atoms with Gasteiger partial charge >= 0.3 is 5.63 Å². The van der Waals surface area contributed by atoms with E-state index in [4.69, 9.17) is 13.6 Å². The zero-order valence-electron chi connectivity index (χ0n) is 17.4. The molecular weight excluding hydrogens is 382 g/mol. The Morgan fingerprint density at radius 3 is 2.33 bits per heavy atom. The number of hydrogen-bond acceptors (Lipinski definition) is 5. The number of hydrogen-bond donors (Lipinski definition) is 1. The van der Waals surface area contributed by atoms with Gasteiger partial charge in [0.25, 0.3) is 0 Å². The summed E-state index contributed by atoms with van der Waals surface area (Å²) in [5.74, 6) is 1.39. The molecule has 0 fully saturated rings. The lowest BCUT2D eigenvalue weighted by molar-refractivity contribution is -0.116. The van der Waals surface area contributed by atoms with Crippen LogP contribution in [0.25, 0.3) is 21.9 Å². The molecule has 0 aliphatic carbocycles. The molecule has 0 radical (unpaired) electrons. The van der Waals surface area contributed by atoms with E-state index in [9.17, 15) is 9.59 Å². The number of carbonyl (C=O) groups excluding carboxylic acids is 1. The molecule has 6 heteroatoms. The number of aryl methyl sites for hydroxylation is 3. The van der Waals surface area contributed by atoms with Crippen molar-refractivity contribution >= 4 is 33.5 Å². The van der Waals surface area contributed by atoms with Crippen molar-refractivity contribution in [3.63, 3.8) is 0 Å². The molecule has 2 aromatic carbocycles. The van der Waals surface area contributed by atoms with Crippen molar-refractivity contribution < 1.29 is 18.4 Å². The summed E-state index contributed by atoms with van der Waals surface area (Å²) >= 11 is 0. The van der Waals surface area contributed by atoms with Crippen LogP contribution in [0.15, 0.2) is 50.0 Å². The molecule has 2 aromatic heterocycles. The van der Waals surface area contributed by atoms with Gasteiger partial charge in [-0.3, -0.25) is 4.79 Å². The Hall–Kier alpha value is -3.54. The zero-order valence-corrected chi connectivity index (χ0v) is 17.4. The number of methoxy groups -OCH3 is 1. The summed E-state index contributed by atoms with van der Waals surface area (Å²) in [6.45, 7) is 5.81. The average Bonchev–Trinajstić information content (AvgIpc) is 3.00. The van der Waals surface area contributed by atoms with Crippen molar-refractivity contribution in [2.75, 3.05) is 12.4 Å². The fourth-order valence-corrected chi connectivity index (χ4v) is 3.65. The number of furan rings is 1. The molecule has 1 N–H and O–H groups in total. The first kappa shape index (κ1) is 19.8. The van der Waals surface area contributed by atoms with E-state index in [0.29, 0.717) is 28.8 Å². The van der Waals surface area contributed by atoms with Gasteiger partial charge in [-0.25, -0.2) is 4.79 Å². The van der Waals surface area contributed by atoms with Crippen LogP contribution in [0.4, 0.5) is 5.69 Å². The van der Waals surface area contributed by atoms with Gasteiger partial charge in [-0.1, -0.05) is 0 Å². The summed E-state index contributed by atoms with van der Waals surface area (Å²) in [6, 6.07) is 10.9. The van der Waals surface area contributed by atoms with E-state index in [0.717, 1.165) is 33.4 Å². The van der Waals surface area contributed by atoms with Crippen molar-refractivity contribution in [3.8, 4) is 5.75 Å². The van der Waals surface area contributed by atoms with E-state index >= 15 is 0 Å². The zero-order chi connectivity index (χ0) is 21.4. The van der Waals surface area contributed by atoms with Crippen molar-refractivity contribution in [3.05, 3.63) is 69.3 Å². The van der Waals surface area contributed by atoms with E-state index < -0.39 is 5.63 Å². The molecule has 6 nitrogen and oxygen atoms in total. The molecule has 2 heterocycles. The lowest BCUT2D eigenvalue weighted by Gasteiger charge is -2.09. The molecule has 154 valence electrons. The third-order valence-corrected chi connectivity index (χ3v) is 5.56. The number of rotatable bonds is 5. The number of benzene rings is 2. The summed E-state index contributed by atoms with van der Waals surface area (Å²) in [5.41, 5.74) is 3.87. The summed E-state index contributed by atoms with van der Waals surface area (Å²) in [4.78, 5) is 24.9. The predicted octanol–water partition coefficient (Wildman–Crippen LogP) is 5.04. The van der Waals surface area contributed by atoms with E-state index in [1.54, 1.807) is 37.4 Å². The smallest absolute Gasteiger partial charge is 0.339 e. The molecule has 0 aliphatic heterocycles. The summed E-state index contributed by atoms with van der Waals surface area (Å²) < 4.78 is 16.4. The molecular formula is C24H23NO5. The van der Waals surface area contributed by atoms with Gasteiger partial charge in [-0.2, -0.15) is 0 Å². The standard InChI is InChI=1S/C24H23NO5/c1-13-15(3)29-21-12-22-20(11-19(13)21)14(2)18(24(27)30-22)9-10-23(26)25-16-5-7-17(28-4)8-6-16/h5-8,11-12H,9-10H2,1-4H3,(H,25,26). The quantitative estimate of drug-likeness (QED) is 0.470. The van der Waals surface area contributed by atoms with Crippen molar-refractivity contribution in [1.29, 1.82) is 0 Å². The first-order valence-electron chi connectivity index (χ1n) is 9.77. The molecule has 4 aromatic rings. The fourth-order valence-electron chi connectivity index (χ4n) is 3.65. The number of fused-ring (bicyclic) bond motifs is 2.